The van der Waals surface area contributed by atoms with Gasteiger partial charge in [0.2, 0.25) is 11.1 Å². The first-order valence-electron chi connectivity index (χ1n) is 8.17. The summed E-state index contributed by atoms with van der Waals surface area (Å²) in [5.74, 6) is 0.574. The van der Waals surface area contributed by atoms with Gasteiger partial charge >= 0.3 is 5.97 Å². The predicted octanol–water partition coefficient (Wildman–Crippen LogP) is 1.24. The molecule has 0 saturated carbocycles. The highest BCUT2D eigenvalue weighted by molar-refractivity contribution is 7.99. The number of carbonyl (C=O) groups excluding carboxylic acids is 2. The Morgan fingerprint density at radius 2 is 2.00 bits per heavy atom. The van der Waals surface area contributed by atoms with E-state index in [-0.39, 0.29) is 23.5 Å². The summed E-state index contributed by atoms with van der Waals surface area (Å²) in [6, 6.07) is 1.94. The Balaban J connectivity index is 1.56. The molecule has 2 aromatic rings. The number of nitrogens with zero attached hydrogens (tertiary/aromatic N) is 5. The van der Waals surface area contributed by atoms with Crippen molar-refractivity contribution >= 4 is 29.4 Å². The van der Waals surface area contributed by atoms with E-state index in [0.29, 0.717) is 36.9 Å². The van der Waals surface area contributed by atoms with Crippen LogP contribution in [0.1, 0.15) is 24.2 Å². The number of aromatic nitrogens is 4. The zero-order valence-corrected chi connectivity index (χ0v) is 15.4. The minimum atomic E-state index is -0.187. The van der Waals surface area contributed by atoms with Gasteiger partial charge in [-0.05, 0) is 32.8 Å². The minimum absolute atomic E-state index is 0.0352. The molecule has 0 bridgehead atoms. The van der Waals surface area contributed by atoms with Crippen molar-refractivity contribution in [2.45, 2.75) is 31.8 Å². The molecule has 0 aromatic carbocycles. The monoisotopic (exact) mass is 363 g/mol. The quantitative estimate of drug-likeness (QED) is 0.596. The summed E-state index contributed by atoms with van der Waals surface area (Å²) in [7, 11) is 1.40. The summed E-state index contributed by atoms with van der Waals surface area (Å²) in [6.07, 6.45) is 1.30. The Morgan fingerprint density at radius 3 is 2.68 bits per heavy atom. The molecule has 2 aromatic heterocycles. The van der Waals surface area contributed by atoms with Crippen LogP contribution in [0, 0.1) is 19.8 Å². The molecular formula is C16H21N5O3S. The van der Waals surface area contributed by atoms with Gasteiger partial charge in [0.05, 0.1) is 18.8 Å². The lowest BCUT2D eigenvalue weighted by Crippen LogP contribution is -2.41. The van der Waals surface area contributed by atoms with Crippen molar-refractivity contribution in [3.63, 3.8) is 0 Å². The van der Waals surface area contributed by atoms with Gasteiger partial charge in [-0.15, -0.1) is 5.10 Å². The molecule has 9 heteroatoms. The smallest absolute Gasteiger partial charge is 0.308 e. The van der Waals surface area contributed by atoms with Crippen molar-refractivity contribution in [1.82, 2.24) is 24.5 Å². The van der Waals surface area contributed by atoms with Crippen LogP contribution < -0.4 is 0 Å². The third kappa shape index (κ3) is 3.92. The highest BCUT2D eigenvalue weighted by Crippen LogP contribution is 2.21. The topological polar surface area (TPSA) is 89.7 Å². The number of likely N-dealkylation sites (tertiary alicyclic amines) is 1. The zero-order valence-electron chi connectivity index (χ0n) is 14.6. The van der Waals surface area contributed by atoms with Crippen LogP contribution in [0.25, 0.3) is 5.78 Å². The van der Waals surface area contributed by atoms with E-state index < -0.39 is 0 Å². The maximum absolute atomic E-state index is 12.4. The average molecular weight is 363 g/mol. The highest BCUT2D eigenvalue weighted by atomic mass is 32.2. The molecule has 0 radical (unpaired) electrons. The van der Waals surface area contributed by atoms with Gasteiger partial charge < -0.3 is 9.64 Å². The third-order valence-corrected chi connectivity index (χ3v) is 5.13. The fourth-order valence-electron chi connectivity index (χ4n) is 2.96. The summed E-state index contributed by atoms with van der Waals surface area (Å²) >= 11 is 1.31. The maximum Gasteiger partial charge on any atom is 0.308 e. The normalized spacial score (nSPS) is 15.6. The standard InChI is InChI=1S/C16H21N5O3S/c1-10-8-11(2)21-15(17-10)18-16(19-21)25-9-13(22)20-6-4-12(5-7-20)14(23)24-3/h8,12H,4-7,9H2,1-3H3. The maximum atomic E-state index is 12.4. The Hall–Kier alpha value is -2.16. The van der Waals surface area contributed by atoms with E-state index in [1.54, 1.807) is 9.42 Å². The van der Waals surface area contributed by atoms with Crippen molar-refractivity contribution in [1.29, 1.82) is 0 Å². The number of hydrogen-bond donors (Lipinski definition) is 0. The number of rotatable bonds is 4. The average Bonchev–Trinajstić information content (AvgIpc) is 3.02. The van der Waals surface area contributed by atoms with Gasteiger partial charge in [0.15, 0.2) is 0 Å². The van der Waals surface area contributed by atoms with E-state index in [2.05, 4.69) is 15.1 Å². The number of fused-ring (bicyclic) bond motifs is 1. The number of amides is 1. The SMILES string of the molecule is COC(=O)C1CCN(C(=O)CSc2nc3nc(C)cc(C)n3n2)CC1. The number of piperidine rings is 1. The highest BCUT2D eigenvalue weighted by Gasteiger charge is 2.27. The van der Waals surface area contributed by atoms with Crippen molar-refractivity contribution in [3.05, 3.63) is 17.5 Å². The molecule has 1 fully saturated rings. The van der Waals surface area contributed by atoms with E-state index in [1.165, 1.54) is 18.9 Å². The number of thioether (sulfide) groups is 1. The second-order valence-corrected chi connectivity index (χ2v) is 7.05. The van der Waals surface area contributed by atoms with E-state index >= 15 is 0 Å². The van der Waals surface area contributed by atoms with Gasteiger partial charge in [0, 0.05) is 24.5 Å². The first kappa shape index (κ1) is 17.7. The molecule has 0 unspecified atom stereocenters. The van der Waals surface area contributed by atoms with Crippen molar-refractivity contribution in [2.24, 2.45) is 5.92 Å². The fourth-order valence-corrected chi connectivity index (χ4v) is 3.68. The molecule has 1 aliphatic rings. The summed E-state index contributed by atoms with van der Waals surface area (Å²) < 4.78 is 6.45. The third-order valence-electron chi connectivity index (χ3n) is 4.31. The molecule has 0 N–H and O–H groups in total. The summed E-state index contributed by atoms with van der Waals surface area (Å²) in [6.45, 7) is 5.02. The van der Waals surface area contributed by atoms with Crippen molar-refractivity contribution < 1.29 is 14.3 Å². The van der Waals surface area contributed by atoms with Gasteiger partial charge in [0.1, 0.15) is 0 Å². The number of esters is 1. The molecule has 1 saturated heterocycles. The lowest BCUT2D eigenvalue weighted by molar-refractivity contribution is -0.148. The van der Waals surface area contributed by atoms with Gasteiger partial charge in [0.25, 0.3) is 5.78 Å². The molecule has 0 aliphatic carbocycles. The van der Waals surface area contributed by atoms with Crippen molar-refractivity contribution in [3.8, 4) is 0 Å². The molecule has 3 heterocycles. The molecule has 0 spiro atoms. The molecule has 25 heavy (non-hydrogen) atoms. The number of hydrogen-bond acceptors (Lipinski definition) is 7. The van der Waals surface area contributed by atoms with Crippen LogP contribution in [0.3, 0.4) is 0 Å². The van der Waals surface area contributed by atoms with Gasteiger partial charge in [-0.2, -0.15) is 4.98 Å². The summed E-state index contributed by atoms with van der Waals surface area (Å²) in [5.41, 5.74) is 1.84. The predicted molar refractivity (Wildman–Crippen MR) is 92.3 cm³/mol. The lowest BCUT2D eigenvalue weighted by Gasteiger charge is -2.30. The number of aryl methyl sites for hydroxylation is 2. The van der Waals surface area contributed by atoms with Crippen LogP contribution in [0.15, 0.2) is 11.2 Å². The Bertz CT molecular complexity index is 798. The van der Waals surface area contributed by atoms with Crippen LogP contribution in [0.5, 0.6) is 0 Å². The van der Waals surface area contributed by atoms with E-state index in [9.17, 15) is 9.59 Å². The van der Waals surface area contributed by atoms with Crippen molar-refractivity contribution in [2.75, 3.05) is 26.0 Å². The zero-order chi connectivity index (χ0) is 18.0. The van der Waals surface area contributed by atoms with Crippen LogP contribution in [-0.4, -0.2) is 62.3 Å². The van der Waals surface area contributed by atoms with Crippen LogP contribution >= 0.6 is 11.8 Å². The molecule has 0 atom stereocenters. The minimum Gasteiger partial charge on any atom is -0.469 e. The summed E-state index contributed by atoms with van der Waals surface area (Å²) in [5, 5.41) is 4.93. The molecule has 8 nitrogen and oxygen atoms in total. The first-order chi connectivity index (χ1) is 12.0. The Kier molecular flexibility index (Phi) is 5.22. The number of methoxy groups -OCH3 is 1. The second-order valence-electron chi connectivity index (χ2n) is 6.11. The molecule has 3 rings (SSSR count). The van der Waals surface area contributed by atoms with Gasteiger partial charge in [-0.25, -0.2) is 9.50 Å². The van der Waals surface area contributed by atoms with Gasteiger partial charge in [-0.1, -0.05) is 11.8 Å². The number of ether oxygens (including phenoxy) is 1. The molecule has 1 aliphatic heterocycles. The fraction of sp³-hybridized carbons (Fsp3) is 0.562. The Morgan fingerprint density at radius 1 is 1.28 bits per heavy atom. The van der Waals surface area contributed by atoms with Crippen LogP contribution in [0.2, 0.25) is 0 Å². The lowest BCUT2D eigenvalue weighted by atomic mass is 9.97. The molecule has 1 amide bonds. The second kappa shape index (κ2) is 7.38. The van der Waals surface area contributed by atoms with Crippen LogP contribution in [0.4, 0.5) is 0 Å². The first-order valence-corrected chi connectivity index (χ1v) is 9.16. The summed E-state index contributed by atoms with van der Waals surface area (Å²) in [4.78, 5) is 34.4. The van der Waals surface area contributed by atoms with E-state index in [4.69, 9.17) is 4.74 Å². The van der Waals surface area contributed by atoms with Crippen LogP contribution in [-0.2, 0) is 14.3 Å². The Labute approximate surface area is 150 Å². The largest absolute Gasteiger partial charge is 0.469 e. The van der Waals surface area contributed by atoms with Gasteiger partial charge in [-0.3, -0.25) is 9.59 Å². The molecule has 134 valence electrons. The van der Waals surface area contributed by atoms with E-state index in [0.717, 1.165) is 11.4 Å². The van der Waals surface area contributed by atoms with E-state index in [1.807, 2.05) is 19.9 Å². The number of carbonyl (C=O) groups is 2. The molecular weight excluding hydrogens is 342 g/mol.